The maximum atomic E-state index is 13.1. The standard InChI is InChI=1S/C21H27F3N6/c1-28-18(16-3-2-4-17(16)27-28)12-29-9-7-15(8-10-29)30(14-5-6-14)20-11-19(21(22,23)24)25-13-26-20/h11,13-15H,2-10,12H2,1H3. The van der Waals surface area contributed by atoms with Crippen LogP contribution in [0, 0.1) is 0 Å². The summed E-state index contributed by atoms with van der Waals surface area (Å²) >= 11 is 0. The highest BCUT2D eigenvalue weighted by Crippen LogP contribution is 2.37. The van der Waals surface area contributed by atoms with Gasteiger partial charge >= 0.3 is 6.18 Å². The minimum Gasteiger partial charge on any atom is -0.350 e. The van der Waals surface area contributed by atoms with E-state index in [1.54, 1.807) is 0 Å². The minimum absolute atomic E-state index is 0.224. The molecule has 0 N–H and O–H groups in total. The maximum Gasteiger partial charge on any atom is 0.433 e. The quantitative estimate of drug-likeness (QED) is 0.743. The van der Waals surface area contributed by atoms with Gasteiger partial charge in [0.25, 0.3) is 0 Å². The van der Waals surface area contributed by atoms with Gasteiger partial charge in [-0.25, -0.2) is 9.97 Å². The van der Waals surface area contributed by atoms with Crippen molar-refractivity contribution in [2.24, 2.45) is 7.05 Å². The summed E-state index contributed by atoms with van der Waals surface area (Å²) < 4.78 is 41.4. The van der Waals surface area contributed by atoms with Crippen molar-refractivity contribution in [2.75, 3.05) is 18.0 Å². The van der Waals surface area contributed by atoms with Crippen LogP contribution in [0.1, 0.15) is 54.7 Å². The number of aryl methyl sites for hydroxylation is 2. The van der Waals surface area contributed by atoms with Gasteiger partial charge in [0, 0.05) is 44.8 Å². The molecule has 0 radical (unpaired) electrons. The first-order valence-electron chi connectivity index (χ1n) is 10.8. The molecule has 162 valence electrons. The second kappa shape index (κ2) is 7.51. The molecule has 0 bridgehead atoms. The van der Waals surface area contributed by atoms with Crippen molar-refractivity contribution < 1.29 is 13.2 Å². The van der Waals surface area contributed by atoms with E-state index >= 15 is 0 Å². The van der Waals surface area contributed by atoms with Crippen LogP contribution in [0.4, 0.5) is 19.0 Å². The second-order valence-corrected chi connectivity index (χ2v) is 8.75. The summed E-state index contributed by atoms with van der Waals surface area (Å²) in [6.45, 7) is 2.77. The number of hydrogen-bond donors (Lipinski definition) is 0. The van der Waals surface area contributed by atoms with Crippen LogP contribution in [0.5, 0.6) is 0 Å². The normalized spacial score (nSPS) is 20.5. The molecule has 6 nitrogen and oxygen atoms in total. The lowest BCUT2D eigenvalue weighted by Crippen LogP contribution is -2.46. The number of likely N-dealkylation sites (tertiary alicyclic amines) is 1. The van der Waals surface area contributed by atoms with E-state index in [1.165, 1.54) is 23.4 Å². The lowest BCUT2D eigenvalue weighted by molar-refractivity contribution is -0.141. The van der Waals surface area contributed by atoms with Gasteiger partial charge in [0.15, 0.2) is 0 Å². The lowest BCUT2D eigenvalue weighted by atomic mass is 10.0. The zero-order chi connectivity index (χ0) is 20.9. The van der Waals surface area contributed by atoms with Gasteiger partial charge in [-0.15, -0.1) is 0 Å². The molecule has 3 heterocycles. The molecule has 5 rings (SSSR count). The van der Waals surface area contributed by atoms with Gasteiger partial charge < -0.3 is 4.90 Å². The predicted molar refractivity (Wildman–Crippen MR) is 106 cm³/mol. The lowest BCUT2D eigenvalue weighted by Gasteiger charge is -2.39. The Hall–Kier alpha value is -2.16. The fourth-order valence-electron chi connectivity index (χ4n) is 5.02. The minimum atomic E-state index is -4.44. The smallest absolute Gasteiger partial charge is 0.350 e. The van der Waals surface area contributed by atoms with Crippen LogP contribution in [-0.2, 0) is 32.6 Å². The number of anilines is 1. The molecule has 0 atom stereocenters. The molecule has 2 aromatic heterocycles. The molecule has 9 heteroatoms. The summed E-state index contributed by atoms with van der Waals surface area (Å²) in [7, 11) is 2.03. The van der Waals surface area contributed by atoms with Crippen LogP contribution < -0.4 is 4.90 Å². The number of hydrogen-bond acceptors (Lipinski definition) is 5. The Morgan fingerprint density at radius 3 is 2.50 bits per heavy atom. The Bertz CT molecular complexity index is 912. The monoisotopic (exact) mass is 420 g/mol. The Kier molecular flexibility index (Phi) is 4.95. The summed E-state index contributed by atoms with van der Waals surface area (Å²) in [6.07, 6.45) is 3.91. The predicted octanol–water partition coefficient (Wildman–Crippen LogP) is 3.35. The number of alkyl halides is 3. The first kappa shape index (κ1) is 19.8. The number of nitrogens with zero attached hydrogens (tertiary/aromatic N) is 6. The zero-order valence-electron chi connectivity index (χ0n) is 17.2. The molecule has 1 saturated carbocycles. The average molecular weight is 420 g/mol. The van der Waals surface area contributed by atoms with E-state index < -0.39 is 11.9 Å². The van der Waals surface area contributed by atoms with E-state index in [-0.39, 0.29) is 6.04 Å². The molecule has 3 aliphatic rings. The van der Waals surface area contributed by atoms with Gasteiger partial charge in [0.2, 0.25) is 0 Å². The molecule has 2 fully saturated rings. The molecule has 0 aromatic carbocycles. The fraction of sp³-hybridized carbons (Fsp3) is 0.667. The summed E-state index contributed by atoms with van der Waals surface area (Å²) in [5.41, 5.74) is 3.15. The number of rotatable bonds is 5. The van der Waals surface area contributed by atoms with Gasteiger partial charge in [-0.1, -0.05) is 0 Å². The highest BCUT2D eigenvalue weighted by Gasteiger charge is 2.39. The molecular formula is C21H27F3N6. The molecule has 0 unspecified atom stereocenters. The fourth-order valence-corrected chi connectivity index (χ4v) is 5.02. The number of halogens is 3. The highest BCUT2D eigenvalue weighted by atomic mass is 19.4. The van der Waals surface area contributed by atoms with Crippen molar-refractivity contribution >= 4 is 5.82 Å². The molecular weight excluding hydrogens is 393 g/mol. The van der Waals surface area contributed by atoms with Crippen LogP contribution in [0.3, 0.4) is 0 Å². The van der Waals surface area contributed by atoms with Crippen LogP contribution >= 0.6 is 0 Å². The molecule has 0 spiro atoms. The van der Waals surface area contributed by atoms with E-state index in [0.29, 0.717) is 11.9 Å². The van der Waals surface area contributed by atoms with Crippen molar-refractivity contribution in [2.45, 2.75) is 69.8 Å². The van der Waals surface area contributed by atoms with Gasteiger partial charge in [-0.3, -0.25) is 9.58 Å². The zero-order valence-corrected chi connectivity index (χ0v) is 17.2. The van der Waals surface area contributed by atoms with E-state index in [9.17, 15) is 13.2 Å². The second-order valence-electron chi connectivity index (χ2n) is 8.75. The first-order chi connectivity index (χ1) is 14.4. The Morgan fingerprint density at radius 2 is 1.80 bits per heavy atom. The first-order valence-corrected chi connectivity index (χ1v) is 10.8. The van der Waals surface area contributed by atoms with Gasteiger partial charge in [0.1, 0.15) is 17.8 Å². The molecule has 1 aliphatic heterocycles. The molecule has 2 aromatic rings. The van der Waals surface area contributed by atoms with Crippen molar-refractivity contribution in [1.29, 1.82) is 0 Å². The summed E-state index contributed by atoms with van der Waals surface area (Å²) in [4.78, 5) is 12.2. The number of piperidine rings is 1. The van der Waals surface area contributed by atoms with E-state index in [4.69, 9.17) is 0 Å². The van der Waals surface area contributed by atoms with Crippen molar-refractivity contribution in [3.8, 4) is 0 Å². The van der Waals surface area contributed by atoms with E-state index in [2.05, 4.69) is 24.9 Å². The summed E-state index contributed by atoms with van der Waals surface area (Å²) in [6, 6.07) is 1.64. The number of fused-ring (bicyclic) bond motifs is 1. The molecule has 30 heavy (non-hydrogen) atoms. The summed E-state index contributed by atoms with van der Waals surface area (Å²) in [5, 5.41) is 4.67. The van der Waals surface area contributed by atoms with Crippen molar-refractivity contribution in [1.82, 2.24) is 24.6 Å². The molecule has 1 saturated heterocycles. The van der Waals surface area contributed by atoms with E-state index in [1.807, 2.05) is 11.7 Å². The Morgan fingerprint density at radius 1 is 1.07 bits per heavy atom. The number of aromatic nitrogens is 4. The van der Waals surface area contributed by atoms with Crippen molar-refractivity contribution in [3.63, 3.8) is 0 Å². The van der Waals surface area contributed by atoms with Gasteiger partial charge in [-0.05, 0) is 50.5 Å². The van der Waals surface area contributed by atoms with Crippen LogP contribution in [0.15, 0.2) is 12.4 Å². The van der Waals surface area contributed by atoms with Crippen molar-refractivity contribution in [3.05, 3.63) is 35.0 Å². The molecule has 0 amide bonds. The third-order valence-corrected chi connectivity index (χ3v) is 6.67. The molecule has 2 aliphatic carbocycles. The van der Waals surface area contributed by atoms with Gasteiger partial charge in [0.05, 0.1) is 11.4 Å². The van der Waals surface area contributed by atoms with Crippen LogP contribution in [0.25, 0.3) is 0 Å². The van der Waals surface area contributed by atoms with Gasteiger partial charge in [-0.2, -0.15) is 18.3 Å². The summed E-state index contributed by atoms with van der Waals surface area (Å²) in [5.74, 6) is 0.419. The average Bonchev–Trinajstić information content (AvgIpc) is 3.37. The maximum absolute atomic E-state index is 13.1. The van der Waals surface area contributed by atoms with Crippen LogP contribution in [-0.4, -0.2) is 49.8 Å². The SMILES string of the molecule is Cn1nc2c(c1CN1CCC(N(c3cc(C(F)(F)F)ncn3)C3CC3)CC1)CCC2. The largest absolute Gasteiger partial charge is 0.433 e. The Labute approximate surface area is 174 Å². The Balaban J connectivity index is 1.27. The highest BCUT2D eigenvalue weighted by molar-refractivity contribution is 5.44. The third kappa shape index (κ3) is 3.79. The third-order valence-electron chi connectivity index (χ3n) is 6.67. The topological polar surface area (TPSA) is 50.1 Å². The van der Waals surface area contributed by atoms with Crippen LogP contribution in [0.2, 0.25) is 0 Å². The van der Waals surface area contributed by atoms with E-state index in [0.717, 1.165) is 70.6 Å².